The van der Waals surface area contributed by atoms with Gasteiger partial charge in [-0.1, -0.05) is 35.3 Å². The summed E-state index contributed by atoms with van der Waals surface area (Å²) in [6.45, 7) is 1.98. The smallest absolute Gasteiger partial charge is 0.122 e. The number of nitrogens with zero attached hydrogens (tertiary/aromatic N) is 5. The molecule has 31 heavy (non-hydrogen) atoms. The van der Waals surface area contributed by atoms with E-state index in [1.54, 1.807) is 24.5 Å². The zero-order valence-electron chi connectivity index (χ0n) is 16.5. The molecule has 9 heteroatoms. The molecule has 0 aliphatic carbocycles. The fourth-order valence-electron chi connectivity index (χ4n) is 3.66. The lowest BCUT2D eigenvalue weighted by molar-refractivity contribution is 1.000. The monoisotopic (exact) mass is 449 g/mol. The van der Waals surface area contributed by atoms with E-state index in [1.807, 2.05) is 37.3 Å². The molecule has 2 aromatic heterocycles. The number of aromatic nitrogens is 3. The van der Waals surface area contributed by atoms with Crippen LogP contribution in [0, 0.1) is 6.92 Å². The van der Waals surface area contributed by atoms with Crippen molar-refractivity contribution in [3.8, 4) is 5.69 Å². The zero-order valence-corrected chi connectivity index (χ0v) is 18.0. The van der Waals surface area contributed by atoms with Crippen LogP contribution in [-0.2, 0) is 0 Å². The Morgan fingerprint density at radius 2 is 1.71 bits per heavy atom. The second-order valence-electron chi connectivity index (χ2n) is 7.10. The fourth-order valence-corrected chi connectivity index (χ4v) is 3.98. The summed E-state index contributed by atoms with van der Waals surface area (Å²) in [5.74, 6) is 7.17. The highest BCUT2D eigenvalue weighted by Gasteiger charge is 2.17. The van der Waals surface area contributed by atoms with Gasteiger partial charge in [-0.25, -0.2) is 15.8 Å². The summed E-state index contributed by atoms with van der Waals surface area (Å²) in [5, 5.41) is 0.844. The zero-order chi connectivity index (χ0) is 21.5. The average Bonchev–Trinajstić information content (AvgIpc) is 3.00. The Hall–Kier alpha value is -3.26. The average molecular weight is 450 g/mol. The molecule has 0 saturated heterocycles. The molecular formula is C22H17Cl2N7. The number of rotatable bonds is 2. The summed E-state index contributed by atoms with van der Waals surface area (Å²) in [4.78, 5) is 18.1. The van der Waals surface area contributed by atoms with Crippen LogP contribution in [0.3, 0.4) is 0 Å². The number of pyridine rings is 1. The van der Waals surface area contributed by atoms with E-state index in [0.717, 1.165) is 33.8 Å². The molecule has 5 rings (SSSR count). The summed E-state index contributed by atoms with van der Waals surface area (Å²) >= 11 is 12.4. The van der Waals surface area contributed by atoms with Crippen LogP contribution in [0.15, 0.2) is 64.8 Å². The van der Waals surface area contributed by atoms with E-state index in [-0.39, 0.29) is 0 Å². The van der Waals surface area contributed by atoms with Crippen molar-refractivity contribution in [1.82, 2.24) is 20.0 Å². The number of fused-ring (bicyclic) bond motifs is 2. The van der Waals surface area contributed by atoms with Gasteiger partial charge in [0.1, 0.15) is 17.2 Å². The Labute approximate surface area is 188 Å². The number of amidine groups is 1. The van der Waals surface area contributed by atoms with Gasteiger partial charge in [-0.15, -0.1) is 0 Å². The van der Waals surface area contributed by atoms with Gasteiger partial charge in [-0.2, -0.15) is 0 Å². The molecule has 7 nitrogen and oxygen atoms in total. The van der Waals surface area contributed by atoms with Gasteiger partial charge in [0, 0.05) is 18.3 Å². The maximum Gasteiger partial charge on any atom is 0.122 e. The Morgan fingerprint density at radius 3 is 2.42 bits per heavy atom. The second kappa shape index (κ2) is 7.77. The number of aryl methyl sites for hydroxylation is 1. The maximum atomic E-state index is 6.20. The number of imidazole rings is 1. The molecule has 1 aliphatic rings. The first kappa shape index (κ1) is 19.7. The first-order valence-electron chi connectivity index (χ1n) is 9.54. The van der Waals surface area contributed by atoms with E-state index in [1.165, 1.54) is 0 Å². The first-order valence-corrected chi connectivity index (χ1v) is 10.3. The molecule has 154 valence electrons. The van der Waals surface area contributed by atoms with Gasteiger partial charge in [0.2, 0.25) is 0 Å². The predicted molar refractivity (Wildman–Crippen MR) is 125 cm³/mol. The Bertz CT molecular complexity index is 1370. The van der Waals surface area contributed by atoms with E-state index in [4.69, 9.17) is 34.0 Å². The van der Waals surface area contributed by atoms with Crippen LogP contribution in [0.5, 0.6) is 0 Å². The van der Waals surface area contributed by atoms with Crippen LogP contribution >= 0.6 is 23.2 Å². The van der Waals surface area contributed by atoms with Crippen LogP contribution in [0.25, 0.3) is 16.7 Å². The van der Waals surface area contributed by atoms with Gasteiger partial charge >= 0.3 is 0 Å². The minimum Gasteiger partial charge on any atom is -0.312 e. The number of aliphatic imine (C=N–C) groups is 2. The van der Waals surface area contributed by atoms with Gasteiger partial charge < -0.3 is 5.43 Å². The van der Waals surface area contributed by atoms with Gasteiger partial charge in [0.25, 0.3) is 0 Å². The molecule has 0 fully saturated rings. The minimum absolute atomic E-state index is 0.418. The maximum absolute atomic E-state index is 6.20. The normalized spacial score (nSPS) is 13.4. The number of hydrazine groups is 1. The van der Waals surface area contributed by atoms with Gasteiger partial charge in [-0.3, -0.25) is 14.5 Å². The van der Waals surface area contributed by atoms with Crippen molar-refractivity contribution < 1.29 is 0 Å². The highest BCUT2D eigenvalue weighted by molar-refractivity contribution is 6.42. The molecule has 0 radical (unpaired) electrons. The summed E-state index contributed by atoms with van der Waals surface area (Å²) < 4.78 is 2.10. The molecule has 2 aromatic carbocycles. The van der Waals surface area contributed by atoms with Crippen molar-refractivity contribution in [1.29, 1.82) is 0 Å². The van der Waals surface area contributed by atoms with E-state index in [2.05, 4.69) is 25.0 Å². The molecule has 1 aliphatic heterocycles. The Morgan fingerprint density at radius 1 is 1.00 bits per heavy atom. The lowest BCUT2D eigenvalue weighted by atomic mass is 10.1. The molecule has 0 atom stereocenters. The number of hydrogen-bond donors (Lipinski definition) is 2. The summed E-state index contributed by atoms with van der Waals surface area (Å²) in [5.41, 5.74) is 8.55. The molecular weight excluding hydrogens is 433 g/mol. The van der Waals surface area contributed by atoms with E-state index >= 15 is 0 Å². The van der Waals surface area contributed by atoms with Crippen molar-refractivity contribution in [3.05, 3.63) is 76.3 Å². The van der Waals surface area contributed by atoms with Gasteiger partial charge in [-0.05, 0) is 42.8 Å². The predicted octanol–water partition coefficient (Wildman–Crippen LogP) is 5.05. The molecule has 3 heterocycles. The van der Waals surface area contributed by atoms with Crippen molar-refractivity contribution in [2.24, 2.45) is 15.8 Å². The third-order valence-corrected chi connectivity index (χ3v) is 5.84. The lowest BCUT2D eigenvalue weighted by Crippen LogP contribution is -2.31. The first-order chi connectivity index (χ1) is 15.0. The van der Waals surface area contributed by atoms with Crippen LogP contribution in [0.2, 0.25) is 10.0 Å². The molecule has 4 aromatic rings. The summed E-state index contributed by atoms with van der Waals surface area (Å²) in [6.07, 6.45) is 3.98. The van der Waals surface area contributed by atoms with Crippen LogP contribution in [0.1, 0.15) is 17.8 Å². The standard InChI is InChI=1S/C22H17Cl2N7/c1-12-27-20-11-26-7-6-21(20)31(12)14-4-2-13(3-5-14)17-10-22(30-25)29-19-9-16(24)15(23)8-18(19)28-17/h2-9,11H,10,25H2,1H3,(H,29,30). The molecule has 0 unspecified atom stereocenters. The number of hydrogen-bond acceptors (Lipinski definition) is 6. The third-order valence-electron chi connectivity index (χ3n) is 5.11. The topological polar surface area (TPSA) is 93.5 Å². The van der Waals surface area contributed by atoms with Gasteiger partial charge in [0.05, 0.1) is 38.8 Å². The molecule has 0 saturated carbocycles. The molecule has 3 N–H and O–H groups in total. The van der Waals surface area contributed by atoms with Crippen molar-refractivity contribution in [3.63, 3.8) is 0 Å². The van der Waals surface area contributed by atoms with E-state index < -0.39 is 0 Å². The lowest BCUT2D eigenvalue weighted by Gasteiger charge is -2.10. The molecule has 0 bridgehead atoms. The van der Waals surface area contributed by atoms with E-state index in [0.29, 0.717) is 33.7 Å². The summed E-state index contributed by atoms with van der Waals surface area (Å²) in [7, 11) is 0. The highest BCUT2D eigenvalue weighted by Crippen LogP contribution is 2.38. The van der Waals surface area contributed by atoms with Crippen molar-refractivity contribution in [2.45, 2.75) is 13.3 Å². The van der Waals surface area contributed by atoms with Crippen molar-refractivity contribution >= 4 is 57.2 Å². The fraction of sp³-hybridized carbons (Fsp3) is 0.0909. The van der Waals surface area contributed by atoms with E-state index in [9.17, 15) is 0 Å². The minimum atomic E-state index is 0.418. The highest BCUT2D eigenvalue weighted by atomic mass is 35.5. The number of nitrogens with two attached hydrogens (primary N) is 1. The van der Waals surface area contributed by atoms with Crippen LogP contribution in [-0.4, -0.2) is 26.1 Å². The number of halogens is 2. The number of benzene rings is 2. The quantitative estimate of drug-likeness (QED) is 0.330. The van der Waals surface area contributed by atoms with Crippen molar-refractivity contribution in [2.75, 3.05) is 0 Å². The molecule has 0 spiro atoms. The Balaban J connectivity index is 1.57. The van der Waals surface area contributed by atoms with Crippen LogP contribution < -0.4 is 11.3 Å². The SMILES string of the molecule is Cc1nc2cnccc2n1-c1ccc(C2=Nc3cc(Cl)c(Cl)cc3N=C(NN)C2)cc1. The summed E-state index contributed by atoms with van der Waals surface area (Å²) in [6, 6.07) is 13.5. The number of nitrogens with one attached hydrogen (secondary N) is 1. The largest absolute Gasteiger partial charge is 0.312 e. The second-order valence-corrected chi connectivity index (χ2v) is 7.91. The molecule has 0 amide bonds. The third kappa shape index (κ3) is 3.57. The Kier molecular flexibility index (Phi) is 4.94. The van der Waals surface area contributed by atoms with Gasteiger partial charge in [0.15, 0.2) is 0 Å². The van der Waals surface area contributed by atoms with Crippen LogP contribution in [0.4, 0.5) is 11.4 Å².